The van der Waals surface area contributed by atoms with Crippen molar-refractivity contribution in [3.8, 4) is 0 Å². The van der Waals surface area contributed by atoms with Gasteiger partial charge in [0.1, 0.15) is 5.69 Å². The summed E-state index contributed by atoms with van der Waals surface area (Å²) in [5.74, 6) is -0.113. The van der Waals surface area contributed by atoms with Gasteiger partial charge < -0.3 is 10.2 Å². The van der Waals surface area contributed by atoms with Crippen molar-refractivity contribution in [1.29, 1.82) is 0 Å². The predicted octanol–water partition coefficient (Wildman–Crippen LogP) is 1.29. The number of carbonyl (C=O) groups is 1. The van der Waals surface area contributed by atoms with E-state index in [9.17, 15) is 4.79 Å². The van der Waals surface area contributed by atoms with E-state index in [-0.39, 0.29) is 11.3 Å². The van der Waals surface area contributed by atoms with E-state index in [2.05, 4.69) is 34.3 Å². The van der Waals surface area contributed by atoms with Crippen LogP contribution in [0.25, 0.3) is 0 Å². The molecular weight excluding hydrogens is 228 g/mol. The van der Waals surface area contributed by atoms with Crippen LogP contribution >= 0.6 is 0 Å². The number of aromatic nitrogens is 2. The molecule has 1 aromatic rings. The largest absolute Gasteiger partial charge is 0.350 e. The van der Waals surface area contributed by atoms with Crippen LogP contribution in [0.1, 0.15) is 37.0 Å². The van der Waals surface area contributed by atoms with Crippen LogP contribution in [-0.2, 0) is 6.42 Å². The number of H-pyrrole nitrogens is 1. The highest BCUT2D eigenvalue weighted by atomic mass is 16.1. The van der Waals surface area contributed by atoms with Crippen LogP contribution in [0.2, 0.25) is 0 Å². The van der Waals surface area contributed by atoms with Crippen molar-refractivity contribution >= 4 is 5.91 Å². The molecule has 1 heterocycles. The summed E-state index contributed by atoms with van der Waals surface area (Å²) in [4.78, 5) is 14.0. The van der Waals surface area contributed by atoms with E-state index in [4.69, 9.17) is 0 Å². The minimum atomic E-state index is -0.113. The van der Waals surface area contributed by atoms with E-state index in [0.717, 1.165) is 18.7 Å². The number of aromatic amines is 1. The standard InChI is InChI=1S/C13H24N4O/c1-6-10-7-11(16-15-10)12(18)14-8-13(2,3)9-17(4)5/h7H,6,8-9H2,1-5H3,(H,14,18)(H,15,16). The molecule has 0 aliphatic heterocycles. The zero-order valence-corrected chi connectivity index (χ0v) is 12.0. The molecule has 0 saturated heterocycles. The number of aryl methyl sites for hydroxylation is 1. The summed E-state index contributed by atoms with van der Waals surface area (Å²) in [5, 5.41) is 9.78. The van der Waals surface area contributed by atoms with Crippen molar-refractivity contribution in [3.05, 3.63) is 17.5 Å². The summed E-state index contributed by atoms with van der Waals surface area (Å²) in [6.07, 6.45) is 0.854. The van der Waals surface area contributed by atoms with Gasteiger partial charge in [-0.2, -0.15) is 5.10 Å². The highest BCUT2D eigenvalue weighted by Crippen LogP contribution is 2.14. The molecule has 1 rings (SSSR count). The Labute approximate surface area is 109 Å². The van der Waals surface area contributed by atoms with Gasteiger partial charge in [0.25, 0.3) is 5.91 Å². The molecule has 0 unspecified atom stereocenters. The van der Waals surface area contributed by atoms with Gasteiger partial charge in [-0.25, -0.2) is 0 Å². The number of hydrogen-bond acceptors (Lipinski definition) is 3. The van der Waals surface area contributed by atoms with Crippen LogP contribution in [0.5, 0.6) is 0 Å². The van der Waals surface area contributed by atoms with E-state index in [0.29, 0.717) is 12.2 Å². The molecule has 1 amide bonds. The van der Waals surface area contributed by atoms with E-state index < -0.39 is 0 Å². The Bertz CT molecular complexity index is 395. The molecule has 0 radical (unpaired) electrons. The minimum absolute atomic E-state index is 0.0447. The summed E-state index contributed by atoms with van der Waals surface area (Å²) in [7, 11) is 4.07. The number of nitrogens with one attached hydrogen (secondary N) is 2. The maximum atomic E-state index is 11.9. The van der Waals surface area contributed by atoms with Crippen molar-refractivity contribution in [1.82, 2.24) is 20.4 Å². The van der Waals surface area contributed by atoms with Crippen LogP contribution in [-0.4, -0.2) is 48.2 Å². The average Bonchev–Trinajstić information content (AvgIpc) is 2.72. The van der Waals surface area contributed by atoms with Crippen LogP contribution in [0.3, 0.4) is 0 Å². The fourth-order valence-electron chi connectivity index (χ4n) is 1.98. The lowest BCUT2D eigenvalue weighted by Crippen LogP contribution is -2.40. The van der Waals surface area contributed by atoms with Gasteiger partial charge in [-0.15, -0.1) is 0 Å². The van der Waals surface area contributed by atoms with Gasteiger partial charge in [-0.1, -0.05) is 20.8 Å². The lowest BCUT2D eigenvalue weighted by atomic mass is 9.93. The lowest BCUT2D eigenvalue weighted by Gasteiger charge is -2.28. The quantitative estimate of drug-likeness (QED) is 0.802. The molecule has 0 aliphatic carbocycles. The van der Waals surface area contributed by atoms with Crippen molar-refractivity contribution in [3.63, 3.8) is 0 Å². The first kappa shape index (κ1) is 14.7. The first-order valence-electron chi connectivity index (χ1n) is 6.31. The van der Waals surface area contributed by atoms with E-state index in [1.807, 2.05) is 21.0 Å². The molecule has 0 atom stereocenters. The zero-order chi connectivity index (χ0) is 13.8. The summed E-state index contributed by atoms with van der Waals surface area (Å²) >= 11 is 0. The monoisotopic (exact) mass is 252 g/mol. The Morgan fingerprint density at radius 3 is 2.67 bits per heavy atom. The molecule has 5 nitrogen and oxygen atoms in total. The fourth-order valence-corrected chi connectivity index (χ4v) is 1.98. The number of amides is 1. The summed E-state index contributed by atoms with van der Waals surface area (Å²) in [6, 6.07) is 1.80. The Morgan fingerprint density at radius 2 is 2.17 bits per heavy atom. The minimum Gasteiger partial charge on any atom is -0.350 e. The van der Waals surface area contributed by atoms with Gasteiger partial charge in [0, 0.05) is 18.8 Å². The third-order valence-corrected chi connectivity index (χ3v) is 2.72. The second-order valence-electron chi connectivity index (χ2n) is 5.72. The predicted molar refractivity (Wildman–Crippen MR) is 72.6 cm³/mol. The molecule has 0 aliphatic rings. The number of rotatable bonds is 6. The Balaban J connectivity index is 2.50. The Morgan fingerprint density at radius 1 is 1.50 bits per heavy atom. The fraction of sp³-hybridized carbons (Fsp3) is 0.692. The van der Waals surface area contributed by atoms with Crippen molar-refractivity contribution in [2.45, 2.75) is 27.2 Å². The van der Waals surface area contributed by atoms with E-state index >= 15 is 0 Å². The van der Waals surface area contributed by atoms with Crippen LogP contribution in [0, 0.1) is 5.41 Å². The summed E-state index contributed by atoms with van der Waals surface area (Å²) in [6.45, 7) is 7.85. The van der Waals surface area contributed by atoms with Crippen molar-refractivity contribution in [2.24, 2.45) is 5.41 Å². The van der Waals surface area contributed by atoms with Gasteiger partial charge in [0.15, 0.2) is 0 Å². The van der Waals surface area contributed by atoms with Crippen LogP contribution in [0.15, 0.2) is 6.07 Å². The molecule has 2 N–H and O–H groups in total. The Hall–Kier alpha value is -1.36. The number of carbonyl (C=O) groups excluding carboxylic acids is 1. The average molecular weight is 252 g/mol. The first-order valence-corrected chi connectivity index (χ1v) is 6.31. The molecule has 0 aromatic carbocycles. The van der Waals surface area contributed by atoms with Crippen LogP contribution in [0.4, 0.5) is 0 Å². The molecule has 0 fully saturated rings. The van der Waals surface area contributed by atoms with Crippen molar-refractivity contribution < 1.29 is 4.79 Å². The molecule has 102 valence electrons. The van der Waals surface area contributed by atoms with Gasteiger partial charge in [0.2, 0.25) is 0 Å². The van der Waals surface area contributed by atoms with Crippen LogP contribution < -0.4 is 5.32 Å². The highest BCUT2D eigenvalue weighted by Gasteiger charge is 2.20. The third kappa shape index (κ3) is 4.49. The second-order valence-corrected chi connectivity index (χ2v) is 5.72. The third-order valence-electron chi connectivity index (χ3n) is 2.72. The highest BCUT2D eigenvalue weighted by molar-refractivity contribution is 5.92. The summed E-state index contributed by atoms with van der Waals surface area (Å²) in [5.41, 5.74) is 1.49. The Kier molecular flexibility index (Phi) is 4.90. The molecule has 1 aromatic heterocycles. The normalized spacial score (nSPS) is 11.9. The molecular formula is C13H24N4O. The van der Waals surface area contributed by atoms with Gasteiger partial charge in [-0.3, -0.25) is 9.89 Å². The zero-order valence-electron chi connectivity index (χ0n) is 12.0. The summed E-state index contributed by atoms with van der Waals surface area (Å²) < 4.78 is 0. The smallest absolute Gasteiger partial charge is 0.271 e. The maximum Gasteiger partial charge on any atom is 0.271 e. The SMILES string of the molecule is CCc1cc(C(=O)NCC(C)(C)CN(C)C)n[nH]1. The van der Waals surface area contributed by atoms with E-state index in [1.165, 1.54) is 0 Å². The maximum absolute atomic E-state index is 11.9. The molecule has 0 bridgehead atoms. The lowest BCUT2D eigenvalue weighted by molar-refractivity contribution is 0.0924. The molecule has 5 heteroatoms. The van der Waals surface area contributed by atoms with Gasteiger partial charge in [-0.05, 0) is 32.0 Å². The van der Waals surface area contributed by atoms with Gasteiger partial charge >= 0.3 is 0 Å². The van der Waals surface area contributed by atoms with Gasteiger partial charge in [0.05, 0.1) is 0 Å². The molecule has 18 heavy (non-hydrogen) atoms. The molecule has 0 saturated carbocycles. The number of nitrogens with zero attached hydrogens (tertiary/aromatic N) is 2. The first-order chi connectivity index (χ1) is 8.34. The van der Waals surface area contributed by atoms with E-state index in [1.54, 1.807) is 6.07 Å². The molecule has 0 spiro atoms. The van der Waals surface area contributed by atoms with Crippen molar-refractivity contribution in [2.75, 3.05) is 27.2 Å². The topological polar surface area (TPSA) is 61.0 Å². The second kappa shape index (κ2) is 6.00. The number of hydrogen-bond donors (Lipinski definition) is 2.